The summed E-state index contributed by atoms with van der Waals surface area (Å²) in [6, 6.07) is 2.23. The van der Waals surface area contributed by atoms with Gasteiger partial charge in [-0.1, -0.05) is 0 Å². The van der Waals surface area contributed by atoms with Crippen LogP contribution in [0.3, 0.4) is 0 Å². The van der Waals surface area contributed by atoms with Crippen molar-refractivity contribution < 1.29 is 24.4 Å². The second-order valence-corrected chi connectivity index (χ2v) is 7.83. The number of aromatic hydroxyl groups is 1. The summed E-state index contributed by atoms with van der Waals surface area (Å²) in [6.07, 6.45) is 3.00. The molecule has 2 heterocycles. The third kappa shape index (κ3) is 3.98. The molecule has 1 aromatic carbocycles. The Morgan fingerprint density at radius 1 is 1.33 bits per heavy atom. The predicted octanol–water partition coefficient (Wildman–Crippen LogP) is 2.72. The van der Waals surface area contributed by atoms with Gasteiger partial charge in [0.05, 0.1) is 14.3 Å². The fourth-order valence-corrected chi connectivity index (χ4v) is 4.09. The molecule has 0 bridgehead atoms. The molecule has 1 aromatic rings. The van der Waals surface area contributed by atoms with Gasteiger partial charge in [0.15, 0.2) is 0 Å². The second kappa shape index (κ2) is 7.69. The highest BCUT2D eigenvalue weighted by Crippen LogP contribution is 2.38. The topological polar surface area (TPSA) is 121 Å². The minimum Gasteiger partial charge on any atom is -0.506 e. The van der Waals surface area contributed by atoms with Crippen molar-refractivity contribution in [2.75, 3.05) is 19.6 Å². The minimum absolute atomic E-state index is 0.0167. The maximum Gasteiger partial charge on any atom is 0.294 e. The van der Waals surface area contributed by atoms with Gasteiger partial charge in [-0.25, -0.2) is 0 Å². The molecular weight excluding hydrogens is 442 g/mol. The molecule has 2 aliphatic rings. The first-order valence-electron chi connectivity index (χ1n) is 7.98. The molecule has 11 heteroatoms. The van der Waals surface area contributed by atoms with E-state index in [1.807, 2.05) is 0 Å². The summed E-state index contributed by atoms with van der Waals surface area (Å²) in [4.78, 5) is 49.6. The fraction of sp³-hybridized carbons (Fsp3) is 0.312. The van der Waals surface area contributed by atoms with Crippen molar-refractivity contribution in [1.82, 2.24) is 9.80 Å². The van der Waals surface area contributed by atoms with Crippen molar-refractivity contribution >= 4 is 56.5 Å². The normalized spacial score (nSPS) is 18.6. The number of non-ortho nitro benzene ring substituents is 1. The van der Waals surface area contributed by atoms with Crippen LogP contribution in [0.25, 0.3) is 6.08 Å². The Morgan fingerprint density at radius 2 is 2.00 bits per heavy atom. The van der Waals surface area contributed by atoms with Crippen molar-refractivity contribution in [1.29, 1.82) is 0 Å². The molecule has 1 N–H and O–H groups in total. The maximum absolute atomic E-state index is 12.5. The van der Waals surface area contributed by atoms with Gasteiger partial charge in [-0.15, -0.1) is 0 Å². The van der Waals surface area contributed by atoms with Crippen molar-refractivity contribution in [3.05, 3.63) is 37.2 Å². The number of amides is 3. The Labute approximate surface area is 166 Å². The minimum atomic E-state index is -0.667. The van der Waals surface area contributed by atoms with Crippen LogP contribution < -0.4 is 0 Å². The van der Waals surface area contributed by atoms with Gasteiger partial charge in [0.2, 0.25) is 5.91 Å². The summed E-state index contributed by atoms with van der Waals surface area (Å²) < 4.78 is 0.0892. The van der Waals surface area contributed by atoms with E-state index in [1.165, 1.54) is 6.08 Å². The average Bonchev–Trinajstić information content (AvgIpc) is 3.23. The van der Waals surface area contributed by atoms with E-state index in [9.17, 15) is 29.6 Å². The van der Waals surface area contributed by atoms with Gasteiger partial charge in [-0.2, -0.15) is 0 Å². The van der Waals surface area contributed by atoms with E-state index in [4.69, 9.17) is 0 Å². The van der Waals surface area contributed by atoms with Crippen LogP contribution in [0.4, 0.5) is 10.5 Å². The standard InChI is InChI=1S/C16H14BrN3O6S/c17-11-7-10(20(25)26)5-9(14(11)22)6-12-15(23)19(16(24)27-12)8-13(21)18-3-1-2-4-18/h5-7,22H,1-4,8H2/b12-6-. The molecular formula is C16H14BrN3O6S. The lowest BCUT2D eigenvalue weighted by Crippen LogP contribution is -2.40. The molecule has 2 saturated heterocycles. The van der Waals surface area contributed by atoms with Gasteiger partial charge in [-0.05, 0) is 46.6 Å². The van der Waals surface area contributed by atoms with Crippen molar-refractivity contribution in [2.24, 2.45) is 0 Å². The quantitative estimate of drug-likeness (QED) is 0.420. The first kappa shape index (κ1) is 19.4. The van der Waals surface area contributed by atoms with Crippen molar-refractivity contribution in [3.8, 4) is 5.75 Å². The first-order valence-corrected chi connectivity index (χ1v) is 9.59. The van der Waals surface area contributed by atoms with E-state index >= 15 is 0 Å². The van der Waals surface area contributed by atoms with Crippen LogP contribution in [0.15, 0.2) is 21.5 Å². The Bertz CT molecular complexity index is 881. The monoisotopic (exact) mass is 455 g/mol. The second-order valence-electron chi connectivity index (χ2n) is 5.98. The number of nitro groups is 1. The number of nitro benzene ring substituents is 1. The summed E-state index contributed by atoms with van der Waals surface area (Å²) in [5, 5.41) is 20.5. The number of nitrogens with zero attached hydrogens (tertiary/aromatic N) is 3. The summed E-state index contributed by atoms with van der Waals surface area (Å²) in [6.45, 7) is 0.883. The van der Waals surface area contributed by atoms with Crippen LogP contribution in [-0.2, 0) is 9.59 Å². The van der Waals surface area contributed by atoms with E-state index in [0.717, 1.165) is 29.9 Å². The number of halogens is 1. The highest BCUT2D eigenvalue weighted by Gasteiger charge is 2.37. The number of carbonyl (C=O) groups excluding carboxylic acids is 3. The molecule has 0 aromatic heterocycles. The number of phenolic OH excluding ortho intramolecular Hbond substituents is 1. The Balaban J connectivity index is 1.84. The van der Waals surface area contributed by atoms with Gasteiger partial charge >= 0.3 is 0 Å². The largest absolute Gasteiger partial charge is 0.506 e. The van der Waals surface area contributed by atoms with Gasteiger partial charge in [0.1, 0.15) is 12.3 Å². The van der Waals surface area contributed by atoms with Gasteiger partial charge < -0.3 is 10.0 Å². The molecule has 3 rings (SSSR count). The van der Waals surface area contributed by atoms with Crippen LogP contribution in [-0.4, -0.2) is 56.5 Å². The van der Waals surface area contributed by atoms with Crippen LogP contribution in [0.5, 0.6) is 5.75 Å². The number of phenols is 1. The SMILES string of the molecule is O=C(CN1C(=O)S/C(=C\c2cc([N+](=O)[O-])cc(Br)c2O)C1=O)N1CCCC1. The Hall–Kier alpha value is -2.40. The van der Waals surface area contributed by atoms with Crippen LogP contribution >= 0.6 is 27.7 Å². The summed E-state index contributed by atoms with van der Waals surface area (Å²) in [5.74, 6) is -1.25. The number of hydrogen-bond acceptors (Lipinski definition) is 7. The first-order chi connectivity index (χ1) is 12.8. The van der Waals surface area contributed by atoms with Gasteiger partial charge in [0, 0.05) is 30.8 Å². The lowest BCUT2D eigenvalue weighted by atomic mass is 10.1. The smallest absolute Gasteiger partial charge is 0.294 e. The van der Waals surface area contributed by atoms with Crippen LogP contribution in [0.2, 0.25) is 0 Å². The molecule has 0 atom stereocenters. The average molecular weight is 456 g/mol. The molecule has 0 aliphatic carbocycles. The summed E-state index contributed by atoms with van der Waals surface area (Å²) >= 11 is 3.64. The molecule has 27 heavy (non-hydrogen) atoms. The zero-order valence-corrected chi connectivity index (χ0v) is 16.3. The summed E-state index contributed by atoms with van der Waals surface area (Å²) in [7, 11) is 0. The molecule has 9 nitrogen and oxygen atoms in total. The molecule has 0 spiro atoms. The van der Waals surface area contributed by atoms with E-state index in [0.29, 0.717) is 24.9 Å². The lowest BCUT2D eigenvalue weighted by molar-refractivity contribution is -0.385. The molecule has 0 radical (unpaired) electrons. The summed E-state index contributed by atoms with van der Waals surface area (Å²) in [5.41, 5.74) is -0.262. The number of likely N-dealkylation sites (tertiary alicyclic amines) is 1. The van der Waals surface area contributed by atoms with Crippen LogP contribution in [0.1, 0.15) is 18.4 Å². The highest BCUT2D eigenvalue weighted by molar-refractivity contribution is 9.10. The number of hydrogen-bond donors (Lipinski definition) is 1. The molecule has 2 aliphatic heterocycles. The van der Waals surface area contributed by atoms with Crippen molar-refractivity contribution in [2.45, 2.75) is 12.8 Å². The molecule has 0 saturated carbocycles. The van der Waals surface area contributed by atoms with Gasteiger partial charge in [-0.3, -0.25) is 29.4 Å². The van der Waals surface area contributed by atoms with Crippen molar-refractivity contribution in [3.63, 3.8) is 0 Å². The number of benzene rings is 1. The van der Waals surface area contributed by atoms with E-state index in [-0.39, 0.29) is 38.8 Å². The zero-order chi connectivity index (χ0) is 19.7. The predicted molar refractivity (Wildman–Crippen MR) is 101 cm³/mol. The van der Waals surface area contributed by atoms with Crippen LogP contribution in [0, 0.1) is 10.1 Å². The van der Waals surface area contributed by atoms with E-state index in [2.05, 4.69) is 15.9 Å². The molecule has 142 valence electrons. The number of carbonyl (C=O) groups is 3. The third-order valence-corrected chi connectivity index (χ3v) is 5.71. The number of rotatable bonds is 4. The maximum atomic E-state index is 12.5. The zero-order valence-electron chi connectivity index (χ0n) is 13.9. The lowest BCUT2D eigenvalue weighted by Gasteiger charge is -2.18. The fourth-order valence-electron chi connectivity index (χ4n) is 2.80. The molecule has 3 amide bonds. The highest BCUT2D eigenvalue weighted by atomic mass is 79.9. The third-order valence-electron chi connectivity index (χ3n) is 4.20. The van der Waals surface area contributed by atoms with E-state index < -0.39 is 16.1 Å². The molecule has 2 fully saturated rings. The number of imide groups is 1. The molecule has 0 unspecified atom stereocenters. The Morgan fingerprint density at radius 3 is 2.63 bits per heavy atom. The van der Waals surface area contributed by atoms with Gasteiger partial charge in [0.25, 0.3) is 16.8 Å². The number of thioether (sulfide) groups is 1. The Kier molecular flexibility index (Phi) is 5.51. The van der Waals surface area contributed by atoms with E-state index in [1.54, 1.807) is 4.90 Å².